The van der Waals surface area contributed by atoms with Crippen molar-refractivity contribution in [1.29, 1.82) is 0 Å². The predicted octanol–water partition coefficient (Wildman–Crippen LogP) is 6.14. The number of H-pyrrole nitrogens is 1. The van der Waals surface area contributed by atoms with Crippen LogP contribution < -0.4 is 5.43 Å². The quantitative estimate of drug-likeness (QED) is 0.433. The Labute approximate surface area is 160 Å². The van der Waals surface area contributed by atoms with E-state index in [1.54, 1.807) is 30.0 Å². The molecule has 1 N–H and O–H groups in total. The minimum Gasteiger partial charge on any atom is -0.354 e. The van der Waals surface area contributed by atoms with Gasteiger partial charge in [0.05, 0.1) is 5.69 Å². The summed E-state index contributed by atoms with van der Waals surface area (Å²) in [5, 5.41) is 1.17. The average molecular weight is 378 g/mol. The molecule has 128 valence electrons. The zero-order chi connectivity index (χ0) is 17.9. The number of fused-ring (bicyclic) bond motifs is 1. The van der Waals surface area contributed by atoms with Crippen molar-refractivity contribution >= 4 is 34.3 Å². The summed E-state index contributed by atoms with van der Waals surface area (Å²) in [5.41, 5.74) is 3.89. The molecule has 0 aliphatic heterocycles. The summed E-state index contributed by atoms with van der Waals surface area (Å²) in [6, 6.07) is 25.5. The fraction of sp³-hybridized carbons (Fsp3) is 0.0455. The number of nitrogens with one attached hydrogen (secondary N) is 1. The number of halogens is 1. The lowest BCUT2D eigenvalue weighted by Crippen LogP contribution is -2.03. The lowest BCUT2D eigenvalue weighted by Gasteiger charge is -2.11. The minimum atomic E-state index is -0.0286. The molecule has 0 saturated heterocycles. The fourth-order valence-electron chi connectivity index (χ4n) is 2.91. The second-order valence-electron chi connectivity index (χ2n) is 6.01. The van der Waals surface area contributed by atoms with Gasteiger partial charge in [-0.05, 0) is 29.8 Å². The molecule has 1 heterocycles. The third kappa shape index (κ3) is 3.55. The van der Waals surface area contributed by atoms with Crippen molar-refractivity contribution in [3.63, 3.8) is 0 Å². The Morgan fingerprint density at radius 2 is 1.65 bits per heavy atom. The van der Waals surface area contributed by atoms with Gasteiger partial charge in [0.15, 0.2) is 5.43 Å². The van der Waals surface area contributed by atoms with Crippen LogP contribution in [0, 0.1) is 0 Å². The summed E-state index contributed by atoms with van der Waals surface area (Å²) in [7, 11) is 0. The summed E-state index contributed by atoms with van der Waals surface area (Å²) < 4.78 is 0. The van der Waals surface area contributed by atoms with E-state index in [1.165, 1.54) is 5.56 Å². The van der Waals surface area contributed by atoms with Gasteiger partial charge in [0, 0.05) is 38.2 Å². The van der Waals surface area contributed by atoms with Gasteiger partial charge in [0.1, 0.15) is 0 Å². The van der Waals surface area contributed by atoms with E-state index in [4.69, 9.17) is 11.6 Å². The molecule has 26 heavy (non-hydrogen) atoms. The Hall–Kier alpha value is -2.49. The molecule has 0 spiro atoms. The van der Waals surface area contributed by atoms with Gasteiger partial charge in [-0.1, -0.05) is 60.1 Å². The lowest BCUT2D eigenvalue weighted by atomic mass is 10.1. The highest BCUT2D eigenvalue weighted by Crippen LogP contribution is 2.32. The largest absolute Gasteiger partial charge is 0.354 e. The molecular weight excluding hydrogens is 362 g/mol. The molecule has 0 aliphatic carbocycles. The van der Waals surface area contributed by atoms with Crippen LogP contribution in [-0.2, 0) is 5.75 Å². The highest BCUT2D eigenvalue weighted by atomic mass is 35.5. The number of pyridine rings is 1. The number of hydrogen-bond acceptors (Lipinski definition) is 2. The monoisotopic (exact) mass is 377 g/mol. The van der Waals surface area contributed by atoms with E-state index in [2.05, 4.69) is 23.2 Å². The zero-order valence-electron chi connectivity index (χ0n) is 13.9. The van der Waals surface area contributed by atoms with E-state index in [0.717, 1.165) is 27.4 Å². The number of rotatable bonds is 4. The number of benzene rings is 3. The van der Waals surface area contributed by atoms with Gasteiger partial charge >= 0.3 is 0 Å². The van der Waals surface area contributed by atoms with Crippen LogP contribution in [0.25, 0.3) is 22.2 Å². The second kappa shape index (κ2) is 7.40. The summed E-state index contributed by atoms with van der Waals surface area (Å²) in [6.45, 7) is 0. The first-order chi connectivity index (χ1) is 12.7. The standard InChI is InChI=1S/C22H16ClNOS/c23-16-10-11-19-18(12-16)21(25)13-20(24-19)17-8-4-5-9-22(17)26-14-15-6-2-1-3-7-15/h1-13H,14H2,(H,24,25). The van der Waals surface area contributed by atoms with Gasteiger partial charge < -0.3 is 4.98 Å². The molecule has 0 bridgehead atoms. The maximum Gasteiger partial charge on any atom is 0.190 e. The van der Waals surface area contributed by atoms with Crippen LogP contribution in [0.15, 0.2) is 88.6 Å². The summed E-state index contributed by atoms with van der Waals surface area (Å²) >= 11 is 7.78. The highest BCUT2D eigenvalue weighted by Gasteiger charge is 2.09. The van der Waals surface area contributed by atoms with Gasteiger partial charge in [-0.15, -0.1) is 11.8 Å². The first-order valence-corrected chi connectivity index (χ1v) is 9.66. The van der Waals surface area contributed by atoms with Gasteiger partial charge in [-0.3, -0.25) is 4.79 Å². The van der Waals surface area contributed by atoms with E-state index >= 15 is 0 Å². The number of hydrogen-bond donors (Lipinski definition) is 1. The molecule has 3 aromatic carbocycles. The van der Waals surface area contributed by atoms with Crippen LogP contribution in [0.4, 0.5) is 0 Å². The average Bonchev–Trinajstić information content (AvgIpc) is 2.68. The smallest absolute Gasteiger partial charge is 0.190 e. The molecule has 0 aliphatic rings. The Balaban J connectivity index is 1.73. The van der Waals surface area contributed by atoms with Crippen LogP contribution in [-0.4, -0.2) is 4.98 Å². The van der Waals surface area contributed by atoms with Crippen molar-refractivity contribution in [2.75, 3.05) is 0 Å². The Morgan fingerprint density at radius 3 is 2.50 bits per heavy atom. The summed E-state index contributed by atoms with van der Waals surface area (Å²) in [6.07, 6.45) is 0. The van der Waals surface area contributed by atoms with E-state index in [9.17, 15) is 4.79 Å². The van der Waals surface area contributed by atoms with E-state index in [0.29, 0.717) is 10.4 Å². The van der Waals surface area contributed by atoms with Crippen molar-refractivity contribution in [1.82, 2.24) is 4.98 Å². The van der Waals surface area contributed by atoms with Gasteiger partial charge in [-0.25, -0.2) is 0 Å². The Kier molecular flexibility index (Phi) is 4.83. The predicted molar refractivity (Wildman–Crippen MR) is 111 cm³/mol. The van der Waals surface area contributed by atoms with Crippen molar-refractivity contribution < 1.29 is 0 Å². The van der Waals surface area contributed by atoms with Crippen molar-refractivity contribution in [3.05, 3.63) is 99.7 Å². The molecule has 0 atom stereocenters. The molecule has 4 rings (SSSR count). The van der Waals surface area contributed by atoms with Crippen LogP contribution in [0.2, 0.25) is 5.02 Å². The van der Waals surface area contributed by atoms with Crippen LogP contribution in [0.3, 0.4) is 0 Å². The van der Waals surface area contributed by atoms with Crippen molar-refractivity contribution in [2.24, 2.45) is 0 Å². The Bertz CT molecular complexity index is 1120. The first-order valence-electron chi connectivity index (χ1n) is 8.29. The minimum absolute atomic E-state index is 0.0286. The molecule has 2 nitrogen and oxygen atoms in total. The zero-order valence-corrected chi connectivity index (χ0v) is 15.5. The van der Waals surface area contributed by atoms with E-state index < -0.39 is 0 Å². The molecule has 0 radical (unpaired) electrons. The number of thioether (sulfide) groups is 1. The van der Waals surface area contributed by atoms with Crippen LogP contribution in [0.5, 0.6) is 0 Å². The maximum absolute atomic E-state index is 12.5. The molecule has 0 saturated carbocycles. The van der Waals surface area contributed by atoms with Crippen LogP contribution in [0.1, 0.15) is 5.56 Å². The van der Waals surface area contributed by atoms with E-state index in [-0.39, 0.29) is 5.43 Å². The van der Waals surface area contributed by atoms with E-state index in [1.807, 2.05) is 42.5 Å². The fourth-order valence-corrected chi connectivity index (χ4v) is 4.11. The van der Waals surface area contributed by atoms with Crippen molar-refractivity contribution in [2.45, 2.75) is 10.6 Å². The first kappa shape index (κ1) is 17.0. The topological polar surface area (TPSA) is 32.9 Å². The third-order valence-electron chi connectivity index (χ3n) is 4.21. The molecule has 4 heteroatoms. The SMILES string of the molecule is O=c1cc(-c2ccccc2SCc2ccccc2)[nH]c2ccc(Cl)cc12. The molecule has 4 aromatic rings. The van der Waals surface area contributed by atoms with Gasteiger partial charge in [-0.2, -0.15) is 0 Å². The van der Waals surface area contributed by atoms with Gasteiger partial charge in [0.2, 0.25) is 0 Å². The normalized spacial score (nSPS) is 11.0. The number of aromatic amines is 1. The highest BCUT2D eigenvalue weighted by molar-refractivity contribution is 7.98. The summed E-state index contributed by atoms with van der Waals surface area (Å²) in [4.78, 5) is 17.0. The maximum atomic E-state index is 12.5. The second-order valence-corrected chi connectivity index (χ2v) is 7.46. The molecular formula is C22H16ClNOS. The molecule has 1 aromatic heterocycles. The number of aromatic nitrogens is 1. The molecule has 0 fully saturated rings. The lowest BCUT2D eigenvalue weighted by molar-refractivity contribution is 1.32. The summed E-state index contributed by atoms with van der Waals surface area (Å²) in [5.74, 6) is 0.880. The molecule has 0 unspecified atom stereocenters. The van der Waals surface area contributed by atoms with Crippen molar-refractivity contribution in [3.8, 4) is 11.3 Å². The van der Waals surface area contributed by atoms with Crippen LogP contribution >= 0.6 is 23.4 Å². The third-order valence-corrected chi connectivity index (χ3v) is 5.59. The molecule has 0 amide bonds. The Morgan fingerprint density at radius 1 is 0.885 bits per heavy atom. The van der Waals surface area contributed by atoms with Gasteiger partial charge in [0.25, 0.3) is 0 Å².